The van der Waals surface area contributed by atoms with Gasteiger partial charge in [-0.1, -0.05) is 13.0 Å². The highest BCUT2D eigenvalue weighted by Gasteiger charge is 2.28. The Hall–Kier alpha value is -2.94. The van der Waals surface area contributed by atoms with Gasteiger partial charge in [0, 0.05) is 31.2 Å². The van der Waals surface area contributed by atoms with Crippen LogP contribution in [0.25, 0.3) is 0 Å². The van der Waals surface area contributed by atoms with Crippen molar-refractivity contribution in [1.29, 1.82) is 0 Å². The molecule has 2 amide bonds. The van der Waals surface area contributed by atoms with Crippen LogP contribution in [0.5, 0.6) is 0 Å². The molecule has 2 heterocycles. The molecular formula is C20H21F3N4O2. The Bertz CT molecular complexity index is 930. The number of primary amides is 1. The van der Waals surface area contributed by atoms with Crippen LogP contribution in [0.3, 0.4) is 0 Å². The first-order valence-corrected chi connectivity index (χ1v) is 9.06. The number of nitrogens with zero attached hydrogens (tertiary/aromatic N) is 2. The van der Waals surface area contributed by atoms with Gasteiger partial charge in [0.1, 0.15) is 0 Å². The fourth-order valence-corrected chi connectivity index (χ4v) is 3.58. The third kappa shape index (κ3) is 5.54. The van der Waals surface area contributed by atoms with Crippen molar-refractivity contribution >= 4 is 17.5 Å². The number of aromatic nitrogens is 1. The molecule has 9 heteroatoms. The van der Waals surface area contributed by atoms with Gasteiger partial charge < -0.3 is 11.1 Å². The van der Waals surface area contributed by atoms with Gasteiger partial charge in [0.15, 0.2) is 0 Å². The van der Waals surface area contributed by atoms with Crippen LogP contribution in [0.4, 0.5) is 18.9 Å². The highest BCUT2D eigenvalue weighted by atomic mass is 19.4. The zero-order chi connectivity index (χ0) is 21.2. The lowest BCUT2D eigenvalue weighted by Crippen LogP contribution is -2.38. The zero-order valence-corrected chi connectivity index (χ0v) is 15.8. The van der Waals surface area contributed by atoms with E-state index in [2.05, 4.69) is 10.3 Å². The highest BCUT2D eigenvalue weighted by Crippen LogP contribution is 2.30. The molecule has 3 N–H and O–H groups in total. The van der Waals surface area contributed by atoms with E-state index < -0.39 is 24.4 Å². The minimum absolute atomic E-state index is 0.0493. The summed E-state index contributed by atoms with van der Waals surface area (Å²) in [5.41, 5.74) is 7.86. The molecule has 0 bridgehead atoms. The number of nitrogens with two attached hydrogens (primary N) is 1. The van der Waals surface area contributed by atoms with Gasteiger partial charge in [0.05, 0.1) is 18.5 Å². The van der Waals surface area contributed by atoms with Crippen LogP contribution in [0.2, 0.25) is 0 Å². The SMILES string of the molecule is C[C@H]1CN(CC(N)=O)Cc2cc(NC(=O)c3cncc(CC(F)(F)F)c3)ccc21. The lowest BCUT2D eigenvalue weighted by atomic mass is 9.90. The van der Waals surface area contributed by atoms with E-state index in [1.165, 1.54) is 12.3 Å². The second-order valence-corrected chi connectivity index (χ2v) is 7.28. The van der Waals surface area contributed by atoms with Crippen LogP contribution in [0.1, 0.15) is 39.9 Å². The fourth-order valence-electron chi connectivity index (χ4n) is 3.58. The zero-order valence-electron chi connectivity index (χ0n) is 15.8. The first-order chi connectivity index (χ1) is 13.6. The van der Waals surface area contributed by atoms with Crippen molar-refractivity contribution in [3.05, 3.63) is 58.9 Å². The number of carbonyl (C=O) groups is 2. The number of benzene rings is 1. The number of fused-ring (bicyclic) bond motifs is 1. The molecule has 0 unspecified atom stereocenters. The van der Waals surface area contributed by atoms with Crippen LogP contribution in [0, 0.1) is 0 Å². The first kappa shape index (κ1) is 20.8. The number of rotatable bonds is 5. The summed E-state index contributed by atoms with van der Waals surface area (Å²) in [5, 5.41) is 2.70. The molecule has 1 aliphatic rings. The average molecular weight is 406 g/mol. The number of amides is 2. The van der Waals surface area contributed by atoms with Gasteiger partial charge in [-0.05, 0) is 40.8 Å². The third-order valence-corrected chi connectivity index (χ3v) is 4.70. The van der Waals surface area contributed by atoms with Crippen molar-refractivity contribution in [3.8, 4) is 0 Å². The van der Waals surface area contributed by atoms with Crippen LogP contribution in [-0.2, 0) is 17.8 Å². The van der Waals surface area contributed by atoms with E-state index >= 15 is 0 Å². The molecule has 0 aliphatic carbocycles. The minimum atomic E-state index is -4.37. The predicted octanol–water partition coefficient (Wildman–Crippen LogP) is 2.84. The Labute approximate surface area is 165 Å². The maximum absolute atomic E-state index is 12.6. The molecule has 1 atom stereocenters. The van der Waals surface area contributed by atoms with Crippen LogP contribution in [0.15, 0.2) is 36.7 Å². The summed E-state index contributed by atoms with van der Waals surface area (Å²) in [6.07, 6.45) is -3.20. The number of pyridine rings is 1. The van der Waals surface area contributed by atoms with E-state index in [1.807, 2.05) is 24.0 Å². The standard InChI is InChI=1S/C20H21F3N4O2/c1-12-9-27(11-18(24)28)10-15-5-16(2-3-17(12)15)26-19(29)14-4-13(7-25-8-14)6-20(21,22)23/h2-5,7-8,12H,6,9-11H2,1H3,(H2,24,28)(H,26,29)/t12-/m0/s1. The summed E-state index contributed by atoms with van der Waals surface area (Å²) in [7, 11) is 0. The number of hydrogen-bond donors (Lipinski definition) is 2. The van der Waals surface area contributed by atoms with Gasteiger partial charge in [-0.3, -0.25) is 19.5 Å². The van der Waals surface area contributed by atoms with Gasteiger partial charge in [0.25, 0.3) is 5.91 Å². The fraction of sp³-hybridized carbons (Fsp3) is 0.350. The Morgan fingerprint density at radius 3 is 2.72 bits per heavy atom. The van der Waals surface area contributed by atoms with Gasteiger partial charge in [-0.15, -0.1) is 0 Å². The largest absolute Gasteiger partial charge is 0.393 e. The molecule has 0 radical (unpaired) electrons. The van der Waals surface area contributed by atoms with Crippen LogP contribution in [-0.4, -0.2) is 41.0 Å². The van der Waals surface area contributed by atoms with Crippen molar-refractivity contribution in [1.82, 2.24) is 9.88 Å². The number of carbonyl (C=O) groups excluding carboxylic acids is 2. The van der Waals surface area contributed by atoms with Crippen molar-refractivity contribution in [3.63, 3.8) is 0 Å². The van der Waals surface area contributed by atoms with Crippen LogP contribution < -0.4 is 11.1 Å². The molecule has 6 nitrogen and oxygen atoms in total. The molecule has 29 heavy (non-hydrogen) atoms. The van der Waals surface area contributed by atoms with Crippen molar-refractivity contribution in [2.24, 2.45) is 5.73 Å². The topological polar surface area (TPSA) is 88.3 Å². The summed E-state index contributed by atoms with van der Waals surface area (Å²) in [4.78, 5) is 29.4. The van der Waals surface area contributed by atoms with Gasteiger partial charge >= 0.3 is 6.18 Å². The molecule has 0 saturated heterocycles. The van der Waals surface area contributed by atoms with E-state index in [1.54, 1.807) is 6.07 Å². The Balaban J connectivity index is 1.75. The smallest absolute Gasteiger partial charge is 0.369 e. The summed E-state index contributed by atoms with van der Waals surface area (Å²) >= 11 is 0. The summed E-state index contributed by atoms with van der Waals surface area (Å²) in [6.45, 7) is 3.42. The third-order valence-electron chi connectivity index (χ3n) is 4.70. The lowest BCUT2D eigenvalue weighted by Gasteiger charge is -2.32. The lowest BCUT2D eigenvalue weighted by molar-refractivity contribution is -0.127. The molecule has 2 aromatic rings. The molecule has 0 saturated carbocycles. The Kier molecular flexibility index (Phi) is 5.88. The monoisotopic (exact) mass is 406 g/mol. The second-order valence-electron chi connectivity index (χ2n) is 7.28. The number of alkyl halides is 3. The minimum Gasteiger partial charge on any atom is -0.369 e. The van der Waals surface area contributed by atoms with Crippen LogP contribution >= 0.6 is 0 Å². The number of nitrogens with one attached hydrogen (secondary N) is 1. The number of halogens is 3. The van der Waals surface area contributed by atoms with E-state index in [-0.39, 0.29) is 23.6 Å². The summed E-state index contributed by atoms with van der Waals surface area (Å²) < 4.78 is 37.7. The molecule has 154 valence electrons. The molecule has 0 spiro atoms. The van der Waals surface area contributed by atoms with Crippen molar-refractivity contribution in [2.75, 3.05) is 18.4 Å². The van der Waals surface area contributed by atoms with E-state index in [0.717, 1.165) is 17.3 Å². The van der Waals surface area contributed by atoms with Gasteiger partial charge in [0.2, 0.25) is 5.91 Å². The predicted molar refractivity (Wildman–Crippen MR) is 101 cm³/mol. The molecule has 3 rings (SSSR count). The van der Waals surface area contributed by atoms with Gasteiger partial charge in [-0.2, -0.15) is 13.2 Å². The molecule has 1 aliphatic heterocycles. The summed E-state index contributed by atoms with van der Waals surface area (Å²) in [6, 6.07) is 6.66. The highest BCUT2D eigenvalue weighted by molar-refractivity contribution is 6.04. The Morgan fingerprint density at radius 1 is 1.28 bits per heavy atom. The molecule has 1 aromatic carbocycles. The first-order valence-electron chi connectivity index (χ1n) is 9.06. The quantitative estimate of drug-likeness (QED) is 0.799. The number of hydrogen-bond acceptors (Lipinski definition) is 4. The maximum atomic E-state index is 12.6. The normalized spacial score (nSPS) is 16.9. The van der Waals surface area contributed by atoms with Gasteiger partial charge in [-0.25, -0.2) is 0 Å². The molecular weight excluding hydrogens is 385 g/mol. The average Bonchev–Trinajstić information content (AvgIpc) is 2.59. The van der Waals surface area contributed by atoms with Crippen molar-refractivity contribution < 1.29 is 22.8 Å². The molecule has 1 aromatic heterocycles. The van der Waals surface area contributed by atoms with Crippen molar-refractivity contribution in [2.45, 2.75) is 32.0 Å². The van der Waals surface area contributed by atoms with E-state index in [4.69, 9.17) is 5.73 Å². The molecule has 0 fully saturated rings. The number of anilines is 1. The van der Waals surface area contributed by atoms with E-state index in [9.17, 15) is 22.8 Å². The maximum Gasteiger partial charge on any atom is 0.393 e. The summed E-state index contributed by atoms with van der Waals surface area (Å²) in [5.74, 6) is -0.748. The Morgan fingerprint density at radius 2 is 2.03 bits per heavy atom. The second kappa shape index (κ2) is 8.20. The van der Waals surface area contributed by atoms with E-state index in [0.29, 0.717) is 18.8 Å².